The zero-order valence-electron chi connectivity index (χ0n) is 13.5. The first kappa shape index (κ1) is 14.4. The number of aryl methyl sites for hydroxylation is 1. The first-order valence-corrected chi connectivity index (χ1v) is 7.67. The molecule has 0 aliphatic carbocycles. The number of hydrogen-bond donors (Lipinski definition) is 0. The molecule has 1 aromatic carbocycles. The minimum absolute atomic E-state index is 0.825. The normalized spacial score (nSPS) is 10.9. The van der Waals surface area contributed by atoms with Gasteiger partial charge in [0.1, 0.15) is 17.1 Å². The maximum Gasteiger partial charge on any atom is 0.165 e. The Bertz CT molecular complexity index is 991. The third-order valence-corrected chi connectivity index (χ3v) is 3.98. The fraction of sp³-hybridized carbons (Fsp3) is 0.105. The van der Waals surface area contributed by atoms with Gasteiger partial charge in [-0.15, -0.1) is 0 Å². The molecule has 0 aliphatic rings. The Labute approximate surface area is 139 Å². The molecule has 4 rings (SSSR count). The molecule has 0 amide bonds. The fourth-order valence-electron chi connectivity index (χ4n) is 2.79. The van der Waals surface area contributed by atoms with E-state index < -0.39 is 0 Å². The molecule has 24 heavy (non-hydrogen) atoms. The summed E-state index contributed by atoms with van der Waals surface area (Å²) in [4.78, 5) is 13.5. The number of benzene rings is 1. The first-order valence-electron chi connectivity index (χ1n) is 7.67. The first-order chi connectivity index (χ1) is 11.8. The molecule has 0 aliphatic heterocycles. The summed E-state index contributed by atoms with van der Waals surface area (Å²) in [5.74, 6) is 1.72. The van der Waals surface area contributed by atoms with Crippen LogP contribution in [-0.4, -0.2) is 26.6 Å². The SMILES string of the molecule is COc1ccc(-n2c(C)nc3ccc(-c4ccncc4)nc32)cc1. The molecule has 0 saturated carbocycles. The van der Waals surface area contributed by atoms with Gasteiger partial charge in [-0.05, 0) is 55.5 Å². The lowest BCUT2D eigenvalue weighted by Gasteiger charge is -2.08. The summed E-state index contributed by atoms with van der Waals surface area (Å²) in [7, 11) is 1.66. The van der Waals surface area contributed by atoms with Crippen LogP contribution in [0.4, 0.5) is 0 Å². The molecule has 4 aromatic rings. The van der Waals surface area contributed by atoms with Crippen molar-refractivity contribution in [3.05, 3.63) is 66.7 Å². The zero-order valence-corrected chi connectivity index (χ0v) is 13.5. The summed E-state index contributed by atoms with van der Waals surface area (Å²) in [6.07, 6.45) is 3.54. The van der Waals surface area contributed by atoms with Crippen LogP contribution < -0.4 is 4.74 Å². The number of imidazole rings is 1. The summed E-state index contributed by atoms with van der Waals surface area (Å²) < 4.78 is 7.29. The molecule has 0 radical (unpaired) electrons. The molecule has 0 N–H and O–H groups in total. The maximum atomic E-state index is 5.23. The number of nitrogens with zero attached hydrogens (tertiary/aromatic N) is 4. The van der Waals surface area contributed by atoms with E-state index in [2.05, 4.69) is 14.5 Å². The molecule has 5 nitrogen and oxygen atoms in total. The lowest BCUT2D eigenvalue weighted by molar-refractivity contribution is 0.414. The van der Waals surface area contributed by atoms with Crippen LogP contribution in [0.1, 0.15) is 5.82 Å². The number of rotatable bonds is 3. The Hall–Kier alpha value is -3.21. The highest BCUT2D eigenvalue weighted by atomic mass is 16.5. The Kier molecular flexibility index (Phi) is 3.46. The number of aromatic nitrogens is 4. The van der Waals surface area contributed by atoms with E-state index in [1.54, 1.807) is 19.5 Å². The average molecular weight is 316 g/mol. The van der Waals surface area contributed by atoms with Crippen LogP contribution in [0.15, 0.2) is 60.9 Å². The number of hydrogen-bond acceptors (Lipinski definition) is 4. The third kappa shape index (κ3) is 2.40. The van der Waals surface area contributed by atoms with Gasteiger partial charge in [-0.3, -0.25) is 9.55 Å². The van der Waals surface area contributed by atoms with E-state index >= 15 is 0 Å². The van der Waals surface area contributed by atoms with Gasteiger partial charge in [0, 0.05) is 23.6 Å². The molecular formula is C19H16N4O. The molecule has 0 saturated heterocycles. The Morgan fingerprint density at radius 2 is 1.62 bits per heavy atom. The molecule has 118 valence electrons. The Morgan fingerprint density at radius 3 is 2.33 bits per heavy atom. The summed E-state index contributed by atoms with van der Waals surface area (Å²) in [5, 5.41) is 0. The van der Waals surface area contributed by atoms with Gasteiger partial charge in [0.25, 0.3) is 0 Å². The average Bonchev–Trinajstić information content (AvgIpc) is 2.97. The van der Waals surface area contributed by atoms with Gasteiger partial charge in [0.05, 0.1) is 12.8 Å². The summed E-state index contributed by atoms with van der Waals surface area (Å²) in [5.41, 5.74) is 4.66. The summed E-state index contributed by atoms with van der Waals surface area (Å²) in [6, 6.07) is 15.8. The van der Waals surface area contributed by atoms with E-state index in [1.807, 2.05) is 55.5 Å². The monoisotopic (exact) mass is 316 g/mol. The van der Waals surface area contributed by atoms with Gasteiger partial charge in [-0.2, -0.15) is 0 Å². The van der Waals surface area contributed by atoms with Crippen molar-refractivity contribution in [1.29, 1.82) is 0 Å². The number of pyridine rings is 2. The minimum atomic E-state index is 0.825. The number of methoxy groups -OCH3 is 1. The Balaban J connectivity index is 1.89. The summed E-state index contributed by atoms with van der Waals surface area (Å²) in [6.45, 7) is 1.98. The van der Waals surface area contributed by atoms with Gasteiger partial charge in [0.15, 0.2) is 5.65 Å². The van der Waals surface area contributed by atoms with Gasteiger partial charge in [0.2, 0.25) is 0 Å². The topological polar surface area (TPSA) is 52.8 Å². The molecular weight excluding hydrogens is 300 g/mol. The van der Waals surface area contributed by atoms with Crippen molar-refractivity contribution in [2.24, 2.45) is 0 Å². The highest BCUT2D eigenvalue weighted by Gasteiger charge is 2.12. The van der Waals surface area contributed by atoms with Gasteiger partial charge in [-0.25, -0.2) is 9.97 Å². The molecule has 3 heterocycles. The molecule has 0 bridgehead atoms. The van der Waals surface area contributed by atoms with Crippen molar-refractivity contribution in [2.45, 2.75) is 6.92 Å². The van der Waals surface area contributed by atoms with Crippen LogP contribution in [0.25, 0.3) is 28.1 Å². The van der Waals surface area contributed by atoms with Crippen molar-refractivity contribution < 1.29 is 4.74 Å². The highest BCUT2D eigenvalue weighted by molar-refractivity contribution is 5.78. The van der Waals surface area contributed by atoms with Crippen molar-refractivity contribution in [1.82, 2.24) is 19.5 Å². The second-order valence-corrected chi connectivity index (χ2v) is 5.47. The molecule has 5 heteroatoms. The zero-order chi connectivity index (χ0) is 16.5. The molecule has 3 aromatic heterocycles. The van der Waals surface area contributed by atoms with Crippen LogP contribution in [0, 0.1) is 6.92 Å². The van der Waals surface area contributed by atoms with Crippen molar-refractivity contribution in [3.8, 4) is 22.7 Å². The van der Waals surface area contributed by atoms with E-state index in [0.717, 1.165) is 39.7 Å². The van der Waals surface area contributed by atoms with Gasteiger partial charge < -0.3 is 4.74 Å². The van der Waals surface area contributed by atoms with Crippen molar-refractivity contribution in [3.63, 3.8) is 0 Å². The number of ether oxygens (including phenoxy) is 1. The maximum absolute atomic E-state index is 5.23. The van der Waals surface area contributed by atoms with E-state index in [1.165, 1.54) is 0 Å². The minimum Gasteiger partial charge on any atom is -0.497 e. The lowest BCUT2D eigenvalue weighted by Crippen LogP contribution is -1.98. The largest absolute Gasteiger partial charge is 0.497 e. The second kappa shape index (κ2) is 5.77. The quantitative estimate of drug-likeness (QED) is 0.577. The van der Waals surface area contributed by atoms with Crippen LogP contribution in [0.3, 0.4) is 0 Å². The van der Waals surface area contributed by atoms with Crippen LogP contribution in [0.5, 0.6) is 5.75 Å². The van der Waals surface area contributed by atoms with E-state index in [4.69, 9.17) is 9.72 Å². The smallest absolute Gasteiger partial charge is 0.165 e. The predicted octanol–water partition coefficient (Wildman–Crippen LogP) is 3.80. The van der Waals surface area contributed by atoms with Crippen LogP contribution in [-0.2, 0) is 0 Å². The standard InChI is InChI=1S/C19H16N4O/c1-13-21-18-8-7-17(14-9-11-20-12-10-14)22-19(18)23(13)15-3-5-16(24-2)6-4-15/h3-12H,1-2H3. The number of fused-ring (bicyclic) bond motifs is 1. The fourth-order valence-corrected chi connectivity index (χ4v) is 2.79. The van der Waals surface area contributed by atoms with Crippen LogP contribution >= 0.6 is 0 Å². The van der Waals surface area contributed by atoms with Gasteiger partial charge in [-0.1, -0.05) is 0 Å². The van der Waals surface area contributed by atoms with Crippen molar-refractivity contribution >= 4 is 11.2 Å². The van der Waals surface area contributed by atoms with Crippen molar-refractivity contribution in [2.75, 3.05) is 7.11 Å². The predicted molar refractivity (Wildman–Crippen MR) is 93.4 cm³/mol. The molecule has 0 fully saturated rings. The Morgan fingerprint density at radius 1 is 0.875 bits per heavy atom. The molecule has 0 spiro atoms. The van der Waals surface area contributed by atoms with Crippen LogP contribution in [0.2, 0.25) is 0 Å². The molecule has 0 atom stereocenters. The van der Waals surface area contributed by atoms with E-state index in [0.29, 0.717) is 0 Å². The third-order valence-electron chi connectivity index (χ3n) is 3.98. The summed E-state index contributed by atoms with van der Waals surface area (Å²) >= 11 is 0. The van der Waals surface area contributed by atoms with Gasteiger partial charge >= 0.3 is 0 Å². The molecule has 0 unspecified atom stereocenters. The second-order valence-electron chi connectivity index (χ2n) is 5.47. The van der Waals surface area contributed by atoms with E-state index in [9.17, 15) is 0 Å². The highest BCUT2D eigenvalue weighted by Crippen LogP contribution is 2.25. The lowest BCUT2D eigenvalue weighted by atomic mass is 10.2. The van der Waals surface area contributed by atoms with E-state index in [-0.39, 0.29) is 0 Å².